The lowest BCUT2D eigenvalue weighted by Crippen LogP contribution is -2.34. The zero-order chi connectivity index (χ0) is 25.5. The largest absolute Gasteiger partial charge is 0.308 e. The van der Waals surface area contributed by atoms with Crippen LogP contribution >= 0.6 is 43.6 Å². The number of nitro groups is 1. The minimum absolute atomic E-state index is 0.0373. The highest BCUT2D eigenvalue weighted by molar-refractivity contribution is 9.10. The number of nitrogens with zero attached hydrogens (tertiary/aromatic N) is 3. The molecular weight excluding hydrogens is 614 g/mol. The van der Waals surface area contributed by atoms with E-state index in [0.29, 0.717) is 0 Å². The van der Waals surface area contributed by atoms with Crippen molar-refractivity contribution in [1.29, 1.82) is 0 Å². The number of rotatable bonds is 4. The van der Waals surface area contributed by atoms with Gasteiger partial charge in [-0.2, -0.15) is 0 Å². The van der Waals surface area contributed by atoms with E-state index in [1.165, 1.54) is 22.8 Å². The molecule has 3 aromatic carbocycles. The Morgan fingerprint density at radius 2 is 1.73 bits per heavy atom. The number of amidine groups is 1. The maximum absolute atomic E-state index is 11.5. The summed E-state index contributed by atoms with van der Waals surface area (Å²) < 4.78 is 2.09. The van der Waals surface area contributed by atoms with E-state index >= 15 is 0 Å². The number of nitro benzene ring substituents is 1. The number of aliphatic imine (C=N–C) groups is 1. The van der Waals surface area contributed by atoms with Gasteiger partial charge in [-0.25, -0.2) is 4.99 Å². The van der Waals surface area contributed by atoms with Crippen molar-refractivity contribution >= 4 is 66.2 Å². The van der Waals surface area contributed by atoms with Gasteiger partial charge in [0.2, 0.25) is 0 Å². The molecule has 2 aliphatic heterocycles. The van der Waals surface area contributed by atoms with E-state index in [1.54, 1.807) is 23.9 Å². The van der Waals surface area contributed by atoms with E-state index in [2.05, 4.69) is 96.8 Å². The first-order chi connectivity index (χ1) is 18.0. The summed E-state index contributed by atoms with van der Waals surface area (Å²) in [6.45, 7) is 0. The Morgan fingerprint density at radius 3 is 2.46 bits per heavy atom. The monoisotopic (exact) mass is 633 g/mol. The fraction of sp³-hybridized carbons (Fsp3) is 0.138. The molecule has 0 spiro atoms. The molecule has 1 atom stereocenters. The Morgan fingerprint density at radius 1 is 1.00 bits per heavy atom. The average molecular weight is 635 g/mol. The number of non-ortho nitro benzene ring substituents is 1. The number of thioether (sulfide) groups is 1. The lowest BCUT2D eigenvalue weighted by molar-refractivity contribution is -0.384. The van der Waals surface area contributed by atoms with Crippen LogP contribution in [0.1, 0.15) is 42.0 Å². The van der Waals surface area contributed by atoms with Crippen LogP contribution in [0, 0.1) is 10.1 Å². The summed E-state index contributed by atoms with van der Waals surface area (Å²) in [5.41, 5.74) is 7.80. The second-order valence-electron chi connectivity index (χ2n) is 9.10. The van der Waals surface area contributed by atoms with Gasteiger partial charge >= 0.3 is 0 Å². The highest BCUT2D eigenvalue weighted by Gasteiger charge is 2.40. The Balaban J connectivity index is 1.48. The van der Waals surface area contributed by atoms with Crippen molar-refractivity contribution < 1.29 is 4.92 Å². The van der Waals surface area contributed by atoms with Crippen molar-refractivity contribution in [3.8, 4) is 0 Å². The Bertz CT molecular complexity index is 1530. The third kappa shape index (κ3) is 4.74. The standard InChI is InChI=1S/C29H21Br2N3O2S/c30-22-11-7-18(8-12-22)15-21-4-2-6-25-27(21)32-29-33(28(25)19-9-13-23(31)14-10-19)26(17-37-29)20-3-1-5-24(16-20)34(35)36/h1,3,5,7-17,28H,2,4,6H2/b21-15+/t28-/m0/s1. The third-order valence-electron chi connectivity index (χ3n) is 6.79. The van der Waals surface area contributed by atoms with Crippen molar-refractivity contribution in [2.24, 2.45) is 4.99 Å². The molecule has 3 aromatic rings. The van der Waals surface area contributed by atoms with Crippen LogP contribution in [0.25, 0.3) is 11.8 Å². The maximum Gasteiger partial charge on any atom is 0.270 e. The van der Waals surface area contributed by atoms with Crippen LogP contribution in [-0.4, -0.2) is 15.0 Å². The van der Waals surface area contributed by atoms with Gasteiger partial charge in [-0.05, 0) is 71.9 Å². The van der Waals surface area contributed by atoms with Crippen LogP contribution in [-0.2, 0) is 0 Å². The molecule has 3 aliphatic rings. The van der Waals surface area contributed by atoms with E-state index in [4.69, 9.17) is 4.99 Å². The summed E-state index contributed by atoms with van der Waals surface area (Å²) in [6.07, 6.45) is 5.24. The second-order valence-corrected chi connectivity index (χ2v) is 11.8. The van der Waals surface area contributed by atoms with Gasteiger partial charge in [-0.3, -0.25) is 10.1 Å². The second kappa shape index (κ2) is 10.1. The molecule has 0 bridgehead atoms. The molecule has 0 saturated heterocycles. The molecule has 0 fully saturated rings. The molecule has 184 valence electrons. The average Bonchev–Trinajstić information content (AvgIpc) is 3.33. The molecule has 2 heterocycles. The molecular formula is C29H21Br2N3O2S. The summed E-state index contributed by atoms with van der Waals surface area (Å²) in [4.78, 5) is 18.6. The van der Waals surface area contributed by atoms with Gasteiger partial charge in [0.1, 0.15) is 0 Å². The van der Waals surface area contributed by atoms with Gasteiger partial charge in [0, 0.05) is 32.0 Å². The van der Waals surface area contributed by atoms with Crippen molar-refractivity contribution in [1.82, 2.24) is 4.90 Å². The van der Waals surface area contributed by atoms with Gasteiger partial charge in [-0.15, -0.1) is 0 Å². The summed E-state index contributed by atoms with van der Waals surface area (Å²) in [5, 5.41) is 14.5. The predicted molar refractivity (Wildman–Crippen MR) is 158 cm³/mol. The topological polar surface area (TPSA) is 58.7 Å². The number of halogens is 2. The van der Waals surface area contributed by atoms with E-state index in [0.717, 1.165) is 55.9 Å². The molecule has 1 aliphatic carbocycles. The highest BCUT2D eigenvalue weighted by Crippen LogP contribution is 2.51. The lowest BCUT2D eigenvalue weighted by atomic mass is 9.83. The number of hydrogen-bond acceptors (Lipinski definition) is 5. The fourth-order valence-corrected chi connectivity index (χ4v) is 6.57. The van der Waals surface area contributed by atoms with Crippen LogP contribution in [0.4, 0.5) is 5.69 Å². The van der Waals surface area contributed by atoms with Crippen LogP contribution in [0.15, 0.2) is 109 Å². The smallest absolute Gasteiger partial charge is 0.270 e. The molecule has 0 saturated carbocycles. The quantitative estimate of drug-likeness (QED) is 0.212. The molecule has 0 amide bonds. The van der Waals surface area contributed by atoms with E-state index < -0.39 is 0 Å². The number of allylic oxidation sites excluding steroid dienone is 1. The number of hydrogen-bond donors (Lipinski definition) is 0. The zero-order valence-corrected chi connectivity index (χ0v) is 23.6. The van der Waals surface area contributed by atoms with Crippen LogP contribution < -0.4 is 0 Å². The van der Waals surface area contributed by atoms with Gasteiger partial charge in [0.05, 0.1) is 22.4 Å². The maximum atomic E-state index is 11.5. The van der Waals surface area contributed by atoms with Gasteiger partial charge in [-0.1, -0.05) is 80.0 Å². The fourth-order valence-electron chi connectivity index (χ4n) is 5.11. The highest BCUT2D eigenvalue weighted by atomic mass is 79.9. The van der Waals surface area contributed by atoms with Gasteiger partial charge in [0.25, 0.3) is 5.69 Å². The summed E-state index contributed by atoms with van der Waals surface area (Å²) in [5.74, 6) is 0. The Hall–Kier alpha value is -2.94. The summed E-state index contributed by atoms with van der Waals surface area (Å²) in [6, 6.07) is 23.6. The molecule has 0 radical (unpaired) electrons. The van der Waals surface area contributed by atoms with Crippen LogP contribution in [0.3, 0.4) is 0 Å². The van der Waals surface area contributed by atoms with E-state index in [-0.39, 0.29) is 16.7 Å². The van der Waals surface area contributed by atoms with Crippen molar-refractivity contribution in [2.75, 3.05) is 0 Å². The minimum Gasteiger partial charge on any atom is -0.308 e. The first kappa shape index (κ1) is 24.4. The summed E-state index contributed by atoms with van der Waals surface area (Å²) in [7, 11) is 0. The molecule has 8 heteroatoms. The molecule has 5 nitrogen and oxygen atoms in total. The first-order valence-electron chi connectivity index (χ1n) is 11.9. The zero-order valence-electron chi connectivity index (χ0n) is 19.6. The van der Waals surface area contributed by atoms with Gasteiger partial charge in [0.15, 0.2) is 5.17 Å². The van der Waals surface area contributed by atoms with Crippen molar-refractivity contribution in [3.63, 3.8) is 0 Å². The molecule has 0 unspecified atom stereocenters. The van der Waals surface area contributed by atoms with Gasteiger partial charge < -0.3 is 4.90 Å². The minimum atomic E-state index is -0.343. The molecule has 6 rings (SSSR count). The van der Waals surface area contributed by atoms with Crippen LogP contribution in [0.2, 0.25) is 0 Å². The predicted octanol–water partition coefficient (Wildman–Crippen LogP) is 9.10. The molecule has 0 aromatic heterocycles. The van der Waals surface area contributed by atoms with E-state index in [1.807, 2.05) is 6.07 Å². The van der Waals surface area contributed by atoms with Crippen molar-refractivity contribution in [2.45, 2.75) is 25.3 Å². The number of benzene rings is 3. The Kier molecular flexibility index (Phi) is 6.65. The number of fused-ring (bicyclic) bond motifs is 1. The summed E-state index contributed by atoms with van der Waals surface area (Å²) >= 11 is 8.68. The van der Waals surface area contributed by atoms with E-state index in [9.17, 15) is 10.1 Å². The third-order valence-corrected chi connectivity index (χ3v) is 8.68. The SMILES string of the molecule is O=[N+]([O-])c1cccc(C2=CSC3=NC4=C(CCC/C4=C\c4ccc(Br)cc4)[C@H](c4ccc(Br)cc4)N23)c1. The molecule has 0 N–H and O–H groups in total. The Labute approximate surface area is 236 Å². The van der Waals surface area contributed by atoms with Crippen LogP contribution in [0.5, 0.6) is 0 Å². The molecule has 37 heavy (non-hydrogen) atoms. The van der Waals surface area contributed by atoms with Crippen molar-refractivity contribution in [3.05, 3.63) is 131 Å². The lowest BCUT2D eigenvalue weighted by Gasteiger charge is -2.40. The first-order valence-corrected chi connectivity index (χ1v) is 14.4. The normalized spacial score (nSPS) is 19.9.